The first-order valence-corrected chi connectivity index (χ1v) is 6.28. The standard InChI is InChI=1S/C11H11ClN4OS/c1-7-5-16(6-14-7)10-3-2-8(4-9(10)12)18-15-11(13)17/h2-6H,1H3,(H3,13,15,17). The lowest BCUT2D eigenvalue weighted by atomic mass is 10.3. The lowest BCUT2D eigenvalue weighted by Gasteiger charge is -2.07. The van der Waals surface area contributed by atoms with E-state index >= 15 is 0 Å². The van der Waals surface area contributed by atoms with Crippen LogP contribution in [-0.2, 0) is 0 Å². The van der Waals surface area contributed by atoms with E-state index in [0.29, 0.717) is 5.02 Å². The molecule has 1 aromatic carbocycles. The number of halogens is 1. The molecule has 2 aromatic rings. The highest BCUT2D eigenvalue weighted by Crippen LogP contribution is 2.26. The summed E-state index contributed by atoms with van der Waals surface area (Å²) in [6.45, 7) is 1.91. The Morgan fingerprint density at radius 3 is 2.89 bits per heavy atom. The van der Waals surface area contributed by atoms with Crippen molar-refractivity contribution in [2.75, 3.05) is 0 Å². The summed E-state index contributed by atoms with van der Waals surface area (Å²) in [6.07, 6.45) is 3.58. The van der Waals surface area contributed by atoms with E-state index in [0.717, 1.165) is 28.2 Å². The third-order valence-electron chi connectivity index (χ3n) is 2.18. The molecule has 94 valence electrons. The molecular weight excluding hydrogens is 272 g/mol. The first-order valence-electron chi connectivity index (χ1n) is 5.09. The van der Waals surface area contributed by atoms with Crippen molar-refractivity contribution < 1.29 is 4.79 Å². The molecular formula is C11H11ClN4OS. The number of hydrogen-bond acceptors (Lipinski definition) is 3. The number of hydrogen-bond donors (Lipinski definition) is 2. The average Bonchev–Trinajstić information content (AvgIpc) is 2.73. The first kappa shape index (κ1) is 12.8. The van der Waals surface area contributed by atoms with Crippen LogP contribution in [0.1, 0.15) is 5.69 Å². The maximum absolute atomic E-state index is 10.6. The summed E-state index contributed by atoms with van der Waals surface area (Å²) in [6, 6.07) is 4.86. The van der Waals surface area contributed by atoms with Gasteiger partial charge in [-0.3, -0.25) is 4.72 Å². The normalized spacial score (nSPS) is 10.3. The van der Waals surface area contributed by atoms with Gasteiger partial charge in [0.15, 0.2) is 0 Å². The van der Waals surface area contributed by atoms with Crippen LogP contribution in [0.2, 0.25) is 5.02 Å². The van der Waals surface area contributed by atoms with Crippen LogP contribution in [0.15, 0.2) is 35.6 Å². The quantitative estimate of drug-likeness (QED) is 0.850. The summed E-state index contributed by atoms with van der Waals surface area (Å²) < 4.78 is 4.27. The summed E-state index contributed by atoms with van der Waals surface area (Å²) in [7, 11) is 0. The van der Waals surface area contributed by atoms with Crippen LogP contribution in [-0.4, -0.2) is 15.6 Å². The zero-order valence-electron chi connectivity index (χ0n) is 9.55. The third-order valence-corrected chi connectivity index (χ3v) is 3.27. The molecule has 0 aliphatic rings. The number of imidazole rings is 1. The fourth-order valence-electron chi connectivity index (χ4n) is 1.42. The summed E-state index contributed by atoms with van der Waals surface area (Å²) in [5, 5.41) is 0.573. The van der Waals surface area contributed by atoms with Crippen molar-refractivity contribution >= 4 is 29.6 Å². The van der Waals surface area contributed by atoms with Crippen molar-refractivity contribution in [3.63, 3.8) is 0 Å². The average molecular weight is 283 g/mol. The van der Waals surface area contributed by atoms with Gasteiger partial charge in [-0.2, -0.15) is 0 Å². The number of amides is 2. The van der Waals surface area contributed by atoms with Gasteiger partial charge >= 0.3 is 6.03 Å². The van der Waals surface area contributed by atoms with Crippen LogP contribution in [0.5, 0.6) is 0 Å². The number of aromatic nitrogens is 2. The van der Waals surface area contributed by atoms with Crippen molar-refractivity contribution in [2.45, 2.75) is 11.8 Å². The van der Waals surface area contributed by atoms with E-state index < -0.39 is 6.03 Å². The van der Waals surface area contributed by atoms with Crippen LogP contribution in [0.4, 0.5) is 4.79 Å². The number of nitrogens with two attached hydrogens (primary N) is 1. The Bertz CT molecular complexity index is 584. The second kappa shape index (κ2) is 5.32. The fourth-order valence-corrected chi connectivity index (χ4v) is 2.30. The number of nitrogens with zero attached hydrogens (tertiary/aromatic N) is 2. The van der Waals surface area contributed by atoms with E-state index in [1.807, 2.05) is 29.8 Å². The van der Waals surface area contributed by atoms with Crippen LogP contribution in [0.3, 0.4) is 0 Å². The van der Waals surface area contributed by atoms with Gasteiger partial charge in [0.1, 0.15) is 0 Å². The Morgan fingerprint density at radius 1 is 1.56 bits per heavy atom. The topological polar surface area (TPSA) is 72.9 Å². The largest absolute Gasteiger partial charge is 0.351 e. The molecule has 1 heterocycles. The van der Waals surface area contributed by atoms with E-state index in [1.165, 1.54) is 0 Å². The highest BCUT2D eigenvalue weighted by atomic mass is 35.5. The van der Waals surface area contributed by atoms with Crippen LogP contribution in [0, 0.1) is 6.92 Å². The minimum absolute atomic E-state index is 0.573. The van der Waals surface area contributed by atoms with Crippen LogP contribution in [0.25, 0.3) is 5.69 Å². The van der Waals surface area contributed by atoms with Gasteiger partial charge in [0.25, 0.3) is 0 Å². The lowest BCUT2D eigenvalue weighted by Crippen LogP contribution is -2.22. The Morgan fingerprint density at radius 2 is 2.33 bits per heavy atom. The molecule has 0 unspecified atom stereocenters. The van der Waals surface area contributed by atoms with Crippen LogP contribution >= 0.6 is 23.5 Å². The molecule has 2 rings (SSSR count). The van der Waals surface area contributed by atoms with Crippen molar-refractivity contribution in [1.82, 2.24) is 14.3 Å². The minimum Gasteiger partial charge on any atom is -0.351 e. The predicted molar refractivity (Wildman–Crippen MR) is 71.9 cm³/mol. The van der Waals surface area contributed by atoms with Crippen molar-refractivity contribution in [1.29, 1.82) is 0 Å². The molecule has 5 nitrogen and oxygen atoms in total. The molecule has 0 aliphatic heterocycles. The van der Waals surface area contributed by atoms with E-state index in [-0.39, 0.29) is 0 Å². The predicted octanol–water partition coefficient (Wildman–Crippen LogP) is 2.51. The second-order valence-corrected chi connectivity index (χ2v) is 4.89. The number of nitrogens with one attached hydrogen (secondary N) is 1. The SMILES string of the molecule is Cc1cn(-c2ccc(SNC(N)=O)cc2Cl)cn1. The van der Waals surface area contributed by atoms with E-state index in [1.54, 1.807) is 12.4 Å². The molecule has 7 heteroatoms. The Hall–Kier alpha value is -1.66. The maximum atomic E-state index is 10.6. The summed E-state index contributed by atoms with van der Waals surface area (Å²) in [4.78, 5) is 15.5. The number of urea groups is 1. The summed E-state index contributed by atoms with van der Waals surface area (Å²) >= 11 is 7.30. The molecule has 0 spiro atoms. The van der Waals surface area contributed by atoms with Gasteiger partial charge in [0.05, 0.1) is 22.7 Å². The van der Waals surface area contributed by atoms with Crippen molar-refractivity contribution in [3.05, 3.63) is 41.4 Å². The number of rotatable bonds is 3. The van der Waals surface area contributed by atoms with Crippen molar-refractivity contribution in [2.24, 2.45) is 5.73 Å². The van der Waals surface area contributed by atoms with Gasteiger partial charge in [0.2, 0.25) is 0 Å². The second-order valence-electron chi connectivity index (χ2n) is 3.60. The van der Waals surface area contributed by atoms with Gasteiger partial charge in [-0.05, 0) is 37.1 Å². The molecule has 0 fully saturated rings. The lowest BCUT2D eigenvalue weighted by molar-refractivity contribution is 0.254. The summed E-state index contributed by atoms with van der Waals surface area (Å²) in [5.74, 6) is 0. The molecule has 0 aliphatic carbocycles. The number of benzene rings is 1. The molecule has 0 atom stereocenters. The highest BCUT2D eigenvalue weighted by Gasteiger charge is 2.05. The first-order chi connectivity index (χ1) is 8.56. The minimum atomic E-state index is -0.592. The van der Waals surface area contributed by atoms with E-state index in [9.17, 15) is 4.79 Å². The Balaban J connectivity index is 2.22. The molecule has 1 aromatic heterocycles. The van der Waals surface area contributed by atoms with Gasteiger partial charge in [-0.1, -0.05) is 11.6 Å². The zero-order chi connectivity index (χ0) is 13.1. The fraction of sp³-hybridized carbons (Fsp3) is 0.0909. The maximum Gasteiger partial charge on any atom is 0.322 e. The molecule has 0 bridgehead atoms. The van der Waals surface area contributed by atoms with E-state index in [4.69, 9.17) is 17.3 Å². The Kier molecular flexibility index (Phi) is 3.78. The van der Waals surface area contributed by atoms with Crippen molar-refractivity contribution in [3.8, 4) is 5.69 Å². The summed E-state index contributed by atoms with van der Waals surface area (Å²) in [5.41, 5.74) is 6.74. The molecule has 3 N–H and O–H groups in total. The third kappa shape index (κ3) is 2.96. The van der Waals surface area contributed by atoms with Gasteiger partial charge in [0, 0.05) is 11.1 Å². The van der Waals surface area contributed by atoms with Gasteiger partial charge in [-0.25, -0.2) is 9.78 Å². The number of aryl methyl sites for hydroxylation is 1. The monoisotopic (exact) mass is 282 g/mol. The molecule has 0 saturated carbocycles. The molecule has 0 saturated heterocycles. The van der Waals surface area contributed by atoms with E-state index in [2.05, 4.69) is 9.71 Å². The van der Waals surface area contributed by atoms with Gasteiger partial charge in [-0.15, -0.1) is 0 Å². The van der Waals surface area contributed by atoms with Gasteiger partial charge < -0.3 is 10.3 Å². The highest BCUT2D eigenvalue weighted by molar-refractivity contribution is 7.98. The smallest absolute Gasteiger partial charge is 0.322 e. The molecule has 0 radical (unpaired) electrons. The number of primary amides is 1. The Labute approximate surface area is 113 Å². The molecule has 18 heavy (non-hydrogen) atoms. The zero-order valence-corrected chi connectivity index (χ0v) is 11.1. The number of carbonyl (C=O) groups excluding carboxylic acids is 1. The molecule has 2 amide bonds. The number of carbonyl (C=O) groups is 1. The van der Waals surface area contributed by atoms with Crippen LogP contribution < -0.4 is 10.5 Å².